The van der Waals surface area contributed by atoms with Crippen molar-refractivity contribution < 1.29 is 8.42 Å². The summed E-state index contributed by atoms with van der Waals surface area (Å²) in [6.07, 6.45) is 4.51. The average molecular weight is 377 g/mol. The van der Waals surface area contributed by atoms with Gasteiger partial charge in [0.25, 0.3) is 0 Å². The third-order valence-corrected chi connectivity index (χ3v) is 6.59. The first-order valence-corrected chi connectivity index (χ1v) is 11.2. The Morgan fingerprint density at radius 3 is 2.40 bits per heavy atom. The summed E-state index contributed by atoms with van der Waals surface area (Å²) in [4.78, 5) is 3.79. The lowest BCUT2D eigenvalue weighted by molar-refractivity contribution is 0.331. The molecule has 6 heteroatoms. The van der Waals surface area contributed by atoms with E-state index in [1.165, 1.54) is 18.4 Å². The van der Waals surface area contributed by atoms with Crippen molar-refractivity contribution in [2.75, 3.05) is 19.3 Å². The van der Waals surface area contributed by atoms with Crippen LogP contribution >= 0.6 is 11.8 Å². The lowest BCUT2D eigenvalue weighted by Crippen LogP contribution is -2.23. The van der Waals surface area contributed by atoms with Gasteiger partial charge in [-0.1, -0.05) is 24.3 Å². The standard InChI is InChI=1S/C19H24N2O2S2/c1-24-18-7-9-19(10-8-18)25(22,23)20-14-16-5-4-6-17(13-16)15-21-11-2-3-12-21/h4-10,13,20H,2-3,11-12,14-15H2,1H3. The molecule has 2 aromatic carbocycles. The normalized spacial score (nSPS) is 15.6. The van der Waals surface area contributed by atoms with Crippen LogP contribution in [0.15, 0.2) is 58.3 Å². The van der Waals surface area contributed by atoms with Gasteiger partial charge in [0.15, 0.2) is 0 Å². The average Bonchev–Trinajstić information content (AvgIpc) is 3.13. The molecule has 4 nitrogen and oxygen atoms in total. The van der Waals surface area contributed by atoms with E-state index in [-0.39, 0.29) is 0 Å². The highest BCUT2D eigenvalue weighted by Gasteiger charge is 2.14. The Morgan fingerprint density at radius 2 is 1.72 bits per heavy atom. The van der Waals surface area contributed by atoms with E-state index < -0.39 is 10.0 Å². The van der Waals surface area contributed by atoms with E-state index in [0.717, 1.165) is 30.1 Å². The molecule has 0 amide bonds. The molecular weight excluding hydrogens is 352 g/mol. The van der Waals surface area contributed by atoms with Gasteiger partial charge in [-0.25, -0.2) is 13.1 Å². The van der Waals surface area contributed by atoms with E-state index in [9.17, 15) is 8.42 Å². The Bertz CT molecular complexity index is 798. The second-order valence-electron chi connectivity index (χ2n) is 6.30. The quantitative estimate of drug-likeness (QED) is 0.752. The van der Waals surface area contributed by atoms with E-state index in [2.05, 4.69) is 21.8 Å². The zero-order valence-corrected chi connectivity index (χ0v) is 16.1. The fourth-order valence-electron chi connectivity index (χ4n) is 3.05. The number of hydrogen-bond donors (Lipinski definition) is 1. The molecule has 0 aromatic heterocycles. The zero-order chi connectivity index (χ0) is 17.7. The molecule has 2 aromatic rings. The fraction of sp³-hybridized carbons (Fsp3) is 0.368. The molecule has 0 aliphatic carbocycles. The molecular formula is C19H24N2O2S2. The van der Waals surface area contributed by atoms with Crippen LogP contribution in [0.25, 0.3) is 0 Å². The molecule has 1 saturated heterocycles. The van der Waals surface area contributed by atoms with Crippen LogP contribution in [0.5, 0.6) is 0 Å². The second-order valence-corrected chi connectivity index (χ2v) is 8.95. The Kier molecular flexibility index (Phi) is 6.17. The van der Waals surface area contributed by atoms with Gasteiger partial charge in [0.1, 0.15) is 0 Å². The maximum atomic E-state index is 12.4. The SMILES string of the molecule is CSc1ccc(S(=O)(=O)NCc2cccc(CN3CCCC3)c2)cc1. The van der Waals surface area contributed by atoms with Crippen LogP contribution in [-0.4, -0.2) is 32.7 Å². The van der Waals surface area contributed by atoms with Crippen molar-refractivity contribution in [3.05, 3.63) is 59.7 Å². The molecule has 1 aliphatic rings. The van der Waals surface area contributed by atoms with Crippen LogP contribution in [0.2, 0.25) is 0 Å². The van der Waals surface area contributed by atoms with E-state index in [1.807, 2.05) is 30.5 Å². The first-order valence-electron chi connectivity index (χ1n) is 8.51. The summed E-state index contributed by atoms with van der Waals surface area (Å²) < 4.78 is 27.6. The van der Waals surface area contributed by atoms with Crippen molar-refractivity contribution in [3.8, 4) is 0 Å². The van der Waals surface area contributed by atoms with Gasteiger partial charge in [-0.3, -0.25) is 4.90 Å². The van der Waals surface area contributed by atoms with Gasteiger partial charge >= 0.3 is 0 Å². The number of nitrogens with one attached hydrogen (secondary N) is 1. The molecule has 25 heavy (non-hydrogen) atoms. The van der Waals surface area contributed by atoms with Gasteiger partial charge in [-0.2, -0.15) is 0 Å². The zero-order valence-electron chi connectivity index (χ0n) is 14.4. The number of hydrogen-bond acceptors (Lipinski definition) is 4. The van der Waals surface area contributed by atoms with Gasteiger partial charge in [-0.05, 0) is 67.6 Å². The lowest BCUT2D eigenvalue weighted by atomic mass is 10.1. The summed E-state index contributed by atoms with van der Waals surface area (Å²) in [5, 5.41) is 0. The third kappa shape index (κ3) is 5.07. The molecule has 0 spiro atoms. The lowest BCUT2D eigenvalue weighted by Gasteiger charge is -2.15. The summed E-state index contributed by atoms with van der Waals surface area (Å²) in [5.41, 5.74) is 2.23. The molecule has 1 N–H and O–H groups in total. The third-order valence-electron chi connectivity index (χ3n) is 4.43. The van der Waals surface area contributed by atoms with E-state index in [1.54, 1.807) is 23.9 Å². The van der Waals surface area contributed by atoms with Crippen LogP contribution in [0.4, 0.5) is 0 Å². The highest BCUT2D eigenvalue weighted by atomic mass is 32.2. The van der Waals surface area contributed by atoms with Crippen LogP contribution in [-0.2, 0) is 23.1 Å². The van der Waals surface area contributed by atoms with Crippen LogP contribution < -0.4 is 4.72 Å². The Balaban J connectivity index is 1.63. The van der Waals surface area contributed by atoms with E-state index in [4.69, 9.17) is 0 Å². The second kappa shape index (κ2) is 8.36. The first-order chi connectivity index (χ1) is 12.1. The number of nitrogens with zero attached hydrogens (tertiary/aromatic N) is 1. The number of thioether (sulfide) groups is 1. The number of rotatable bonds is 7. The summed E-state index contributed by atoms with van der Waals surface area (Å²) >= 11 is 1.59. The molecule has 1 heterocycles. The molecule has 1 aliphatic heterocycles. The smallest absolute Gasteiger partial charge is 0.240 e. The van der Waals surface area contributed by atoms with Crippen LogP contribution in [0.3, 0.4) is 0 Å². The number of sulfonamides is 1. The van der Waals surface area contributed by atoms with E-state index in [0.29, 0.717) is 11.4 Å². The molecule has 0 radical (unpaired) electrons. The minimum atomic E-state index is -3.49. The van der Waals surface area contributed by atoms with Crippen molar-refractivity contribution in [2.45, 2.75) is 35.7 Å². The van der Waals surface area contributed by atoms with Gasteiger partial charge in [-0.15, -0.1) is 11.8 Å². The highest BCUT2D eigenvalue weighted by molar-refractivity contribution is 7.98. The van der Waals surface area contributed by atoms with Gasteiger partial charge in [0.05, 0.1) is 4.90 Å². The largest absolute Gasteiger partial charge is 0.299 e. The molecule has 0 bridgehead atoms. The monoisotopic (exact) mass is 376 g/mol. The summed E-state index contributed by atoms with van der Waals surface area (Å²) in [5.74, 6) is 0. The van der Waals surface area contributed by atoms with Crippen molar-refractivity contribution >= 4 is 21.8 Å². The van der Waals surface area contributed by atoms with Gasteiger partial charge in [0.2, 0.25) is 10.0 Å². The summed E-state index contributed by atoms with van der Waals surface area (Å²) in [6.45, 7) is 3.56. The Hall–Kier alpha value is -1.34. The van der Waals surface area contributed by atoms with Crippen LogP contribution in [0.1, 0.15) is 24.0 Å². The van der Waals surface area contributed by atoms with Crippen molar-refractivity contribution in [3.63, 3.8) is 0 Å². The van der Waals surface area contributed by atoms with E-state index >= 15 is 0 Å². The minimum absolute atomic E-state index is 0.304. The molecule has 1 fully saturated rings. The molecule has 0 unspecified atom stereocenters. The van der Waals surface area contributed by atoms with Gasteiger partial charge < -0.3 is 0 Å². The number of likely N-dealkylation sites (tertiary alicyclic amines) is 1. The predicted octanol–water partition coefficient (Wildman–Crippen LogP) is 3.48. The number of benzene rings is 2. The minimum Gasteiger partial charge on any atom is -0.299 e. The predicted molar refractivity (Wildman–Crippen MR) is 103 cm³/mol. The molecule has 0 atom stereocenters. The molecule has 134 valence electrons. The van der Waals surface area contributed by atoms with Crippen LogP contribution in [0, 0.1) is 0 Å². The Morgan fingerprint density at radius 1 is 1.04 bits per heavy atom. The summed E-state index contributed by atoms with van der Waals surface area (Å²) in [7, 11) is -3.49. The highest BCUT2D eigenvalue weighted by Crippen LogP contribution is 2.18. The molecule has 3 rings (SSSR count). The molecule has 0 saturated carbocycles. The Labute approximate surface area is 154 Å². The van der Waals surface area contributed by atoms with Gasteiger partial charge in [0, 0.05) is 18.0 Å². The fourth-order valence-corrected chi connectivity index (χ4v) is 4.48. The maximum Gasteiger partial charge on any atom is 0.240 e. The first kappa shape index (κ1) is 18.5. The van der Waals surface area contributed by atoms with Crippen molar-refractivity contribution in [1.82, 2.24) is 9.62 Å². The topological polar surface area (TPSA) is 49.4 Å². The maximum absolute atomic E-state index is 12.4. The van der Waals surface area contributed by atoms with Crippen molar-refractivity contribution in [2.24, 2.45) is 0 Å². The van der Waals surface area contributed by atoms with Crippen molar-refractivity contribution in [1.29, 1.82) is 0 Å². The summed E-state index contributed by atoms with van der Waals surface area (Å²) in [6, 6.07) is 15.1.